The first-order chi connectivity index (χ1) is 14.8. The molecule has 5 nitrogen and oxygen atoms in total. The number of rotatable bonds is 5. The van der Waals surface area contributed by atoms with Crippen molar-refractivity contribution in [3.8, 4) is 0 Å². The first kappa shape index (κ1) is 20.7. The van der Waals surface area contributed by atoms with Crippen LogP contribution in [0.5, 0.6) is 0 Å². The summed E-state index contributed by atoms with van der Waals surface area (Å²) >= 11 is 7.90. The second kappa shape index (κ2) is 7.45. The van der Waals surface area contributed by atoms with Crippen LogP contribution in [0.3, 0.4) is 0 Å². The highest BCUT2D eigenvalue weighted by atomic mass is 35.5. The van der Waals surface area contributed by atoms with E-state index in [1.165, 1.54) is 4.88 Å². The molecule has 2 aliphatic carbocycles. The van der Waals surface area contributed by atoms with E-state index in [0.29, 0.717) is 24.4 Å². The smallest absolute Gasteiger partial charge is 0.338 e. The van der Waals surface area contributed by atoms with Gasteiger partial charge in [-0.05, 0) is 37.1 Å². The van der Waals surface area contributed by atoms with Crippen molar-refractivity contribution >= 4 is 28.9 Å². The van der Waals surface area contributed by atoms with Crippen molar-refractivity contribution in [3.63, 3.8) is 0 Å². The summed E-state index contributed by atoms with van der Waals surface area (Å²) in [4.78, 5) is 13.7. The first-order valence-electron chi connectivity index (χ1n) is 10.8. The van der Waals surface area contributed by atoms with Gasteiger partial charge in [-0.3, -0.25) is 0 Å². The number of ether oxygens (including phenoxy) is 1. The molecule has 5 rings (SSSR count). The molecule has 0 amide bonds. The molecule has 2 heterocycles. The minimum Gasteiger partial charge on any atom is -0.459 e. The van der Waals surface area contributed by atoms with Crippen molar-refractivity contribution in [2.45, 2.75) is 69.4 Å². The first-order valence-corrected chi connectivity index (χ1v) is 11.9. The second-order valence-electron chi connectivity index (χ2n) is 9.69. The molecule has 2 saturated carbocycles. The van der Waals surface area contributed by atoms with Gasteiger partial charge in [0, 0.05) is 29.2 Å². The maximum absolute atomic E-state index is 12.6. The Morgan fingerprint density at radius 2 is 1.84 bits per heavy atom. The zero-order chi connectivity index (χ0) is 21.8. The molecule has 1 aromatic carbocycles. The Morgan fingerprint density at radius 3 is 2.42 bits per heavy atom. The molecule has 0 radical (unpaired) electrons. The highest BCUT2D eigenvalue weighted by Crippen LogP contribution is 2.54. The van der Waals surface area contributed by atoms with E-state index in [1.807, 2.05) is 24.3 Å². The van der Waals surface area contributed by atoms with Gasteiger partial charge in [0.2, 0.25) is 0 Å². The summed E-state index contributed by atoms with van der Waals surface area (Å²) in [5.74, 6) is 1.74. The Bertz CT molecular complexity index is 1110. The van der Waals surface area contributed by atoms with Crippen molar-refractivity contribution in [2.24, 2.45) is 0 Å². The van der Waals surface area contributed by atoms with Crippen LogP contribution in [0.2, 0.25) is 4.34 Å². The average molecular weight is 456 g/mol. The molecule has 0 spiro atoms. The lowest BCUT2D eigenvalue weighted by Crippen LogP contribution is -2.49. The summed E-state index contributed by atoms with van der Waals surface area (Å²) in [6.45, 7) is 6.54. The Balaban J connectivity index is 1.48. The fourth-order valence-corrected chi connectivity index (χ4v) is 5.72. The monoisotopic (exact) mass is 455 g/mol. The van der Waals surface area contributed by atoms with Gasteiger partial charge in [-0.25, -0.2) is 4.79 Å². The zero-order valence-electron chi connectivity index (χ0n) is 18.0. The summed E-state index contributed by atoms with van der Waals surface area (Å²) in [5, 5.41) is 9.37. The van der Waals surface area contributed by atoms with Crippen LogP contribution in [-0.2, 0) is 15.6 Å². The van der Waals surface area contributed by atoms with Crippen LogP contribution in [0.15, 0.2) is 42.5 Å². The summed E-state index contributed by atoms with van der Waals surface area (Å²) < 4.78 is 8.96. The van der Waals surface area contributed by atoms with Gasteiger partial charge in [0.1, 0.15) is 17.8 Å². The van der Waals surface area contributed by atoms with Gasteiger partial charge in [0.25, 0.3) is 0 Å². The quantitative estimate of drug-likeness (QED) is 0.447. The number of thiophene rings is 1. The summed E-state index contributed by atoms with van der Waals surface area (Å²) in [5.41, 5.74) is 0.166. The summed E-state index contributed by atoms with van der Waals surface area (Å²) in [6, 6.07) is 13.6. The normalized spacial score (nSPS) is 23.4. The molecule has 3 aromatic rings. The number of halogens is 1. The van der Waals surface area contributed by atoms with E-state index in [2.05, 4.69) is 36.5 Å². The van der Waals surface area contributed by atoms with Gasteiger partial charge in [-0.1, -0.05) is 50.6 Å². The average Bonchev–Trinajstić information content (AvgIpc) is 3.28. The number of hydrogen-bond acceptors (Lipinski definition) is 5. The Kier molecular flexibility index (Phi) is 4.98. The van der Waals surface area contributed by atoms with Crippen molar-refractivity contribution < 1.29 is 9.53 Å². The van der Waals surface area contributed by atoms with Crippen molar-refractivity contribution in [2.75, 3.05) is 0 Å². The number of esters is 1. The SMILES string of the molecule is CC(C)(C)c1nnc([C@]2(c3ccc(Cl)s3)C[C@H](OC(=O)c3ccccc3)C2)n1C1CC1. The number of carbonyl (C=O) groups excluding carboxylic acids is 1. The second-order valence-corrected chi connectivity index (χ2v) is 11.4. The van der Waals surface area contributed by atoms with Gasteiger partial charge in [0.05, 0.1) is 15.3 Å². The minimum absolute atomic E-state index is 0.0922. The van der Waals surface area contributed by atoms with Crippen LogP contribution in [0.25, 0.3) is 0 Å². The van der Waals surface area contributed by atoms with Crippen LogP contribution < -0.4 is 0 Å². The molecule has 7 heteroatoms. The molecule has 0 atom stereocenters. The lowest BCUT2D eigenvalue weighted by molar-refractivity contribution is -0.0153. The standard InChI is InChI=1S/C24H26ClN3O2S/c1-23(2,3)21-26-27-22(28(21)16-9-10-16)24(18-11-12-19(25)31-18)13-17(14-24)30-20(29)15-7-5-4-6-8-15/h4-8,11-12,16-17H,9-10,13-14H2,1-3H3/t17-,24+. The third-order valence-electron chi connectivity index (χ3n) is 6.19. The molecular weight excluding hydrogens is 430 g/mol. The maximum Gasteiger partial charge on any atom is 0.338 e. The third kappa shape index (κ3) is 3.70. The van der Waals surface area contributed by atoms with Gasteiger partial charge in [-0.15, -0.1) is 21.5 Å². The van der Waals surface area contributed by atoms with Crippen LogP contribution >= 0.6 is 22.9 Å². The van der Waals surface area contributed by atoms with E-state index in [9.17, 15) is 4.79 Å². The van der Waals surface area contributed by atoms with Crippen molar-refractivity contribution in [1.82, 2.24) is 14.8 Å². The highest BCUT2D eigenvalue weighted by Gasteiger charge is 2.54. The maximum atomic E-state index is 12.6. The van der Waals surface area contributed by atoms with E-state index in [0.717, 1.165) is 28.8 Å². The fourth-order valence-electron chi connectivity index (χ4n) is 4.47. The van der Waals surface area contributed by atoms with E-state index in [4.69, 9.17) is 21.4 Å². The van der Waals surface area contributed by atoms with E-state index in [-0.39, 0.29) is 22.9 Å². The predicted molar refractivity (Wildman–Crippen MR) is 122 cm³/mol. The molecule has 2 aliphatic rings. The predicted octanol–water partition coefficient (Wildman–Crippen LogP) is 5.93. The van der Waals surface area contributed by atoms with Crippen LogP contribution in [0.1, 0.15) is 79.4 Å². The lowest BCUT2D eigenvalue weighted by atomic mass is 9.65. The number of hydrogen-bond donors (Lipinski definition) is 0. The van der Waals surface area contributed by atoms with Crippen molar-refractivity contribution in [3.05, 3.63) is 68.9 Å². The summed E-state index contributed by atoms with van der Waals surface area (Å²) in [7, 11) is 0. The lowest BCUT2D eigenvalue weighted by Gasteiger charge is -2.45. The largest absolute Gasteiger partial charge is 0.459 e. The van der Waals surface area contributed by atoms with Gasteiger partial charge >= 0.3 is 5.97 Å². The highest BCUT2D eigenvalue weighted by molar-refractivity contribution is 7.16. The van der Waals surface area contributed by atoms with E-state index < -0.39 is 0 Å². The zero-order valence-corrected chi connectivity index (χ0v) is 19.5. The van der Waals surface area contributed by atoms with E-state index in [1.54, 1.807) is 23.5 Å². The molecule has 0 bridgehead atoms. The van der Waals surface area contributed by atoms with Crippen LogP contribution in [0, 0.1) is 0 Å². The molecule has 0 aliphatic heterocycles. The van der Waals surface area contributed by atoms with Gasteiger partial charge in [-0.2, -0.15) is 0 Å². The molecule has 0 saturated heterocycles. The van der Waals surface area contributed by atoms with E-state index >= 15 is 0 Å². The molecular formula is C24H26ClN3O2S. The number of aromatic nitrogens is 3. The topological polar surface area (TPSA) is 57.0 Å². The summed E-state index contributed by atoms with van der Waals surface area (Å²) in [6.07, 6.45) is 3.54. The number of nitrogens with zero attached hydrogens (tertiary/aromatic N) is 3. The molecule has 2 aromatic heterocycles. The molecule has 0 unspecified atom stereocenters. The van der Waals surface area contributed by atoms with Gasteiger partial charge < -0.3 is 9.30 Å². The number of carbonyl (C=O) groups is 1. The minimum atomic E-state index is -0.321. The fraction of sp³-hybridized carbons (Fsp3) is 0.458. The molecule has 162 valence electrons. The Labute approximate surface area is 191 Å². The van der Waals surface area contributed by atoms with Crippen molar-refractivity contribution in [1.29, 1.82) is 0 Å². The number of benzene rings is 1. The molecule has 2 fully saturated rings. The third-order valence-corrected chi connectivity index (χ3v) is 7.62. The van der Waals surface area contributed by atoms with Crippen LogP contribution in [0.4, 0.5) is 0 Å². The molecule has 31 heavy (non-hydrogen) atoms. The molecule has 0 N–H and O–H groups in total. The van der Waals surface area contributed by atoms with Gasteiger partial charge in [0.15, 0.2) is 0 Å². The van der Waals surface area contributed by atoms with Crippen LogP contribution in [-0.4, -0.2) is 26.8 Å². The Hall–Kier alpha value is -2.18. The Morgan fingerprint density at radius 1 is 1.13 bits per heavy atom.